The lowest BCUT2D eigenvalue weighted by molar-refractivity contribution is 0.0936. The van der Waals surface area contributed by atoms with E-state index in [1.54, 1.807) is 12.1 Å². The average Bonchev–Trinajstić information content (AvgIpc) is 2.87. The summed E-state index contributed by atoms with van der Waals surface area (Å²) >= 11 is 0. The Morgan fingerprint density at radius 3 is 2.48 bits per heavy atom. The number of sulfone groups is 1. The Morgan fingerprint density at radius 1 is 1.00 bits per heavy atom. The minimum absolute atomic E-state index is 0.00791. The number of nitrogens with zero attached hydrogens (tertiary/aromatic N) is 1. The van der Waals surface area contributed by atoms with Crippen LogP contribution in [-0.2, 0) is 16.4 Å². The van der Waals surface area contributed by atoms with Crippen molar-refractivity contribution in [2.45, 2.75) is 49.6 Å². The SMILES string of the molecule is CCC(C)NC(=O)c1ccc2c(c1)N(Cc1cccc(C)c1)C(=O)c1ccccc1S2(=O)=O. The number of nitrogens with one attached hydrogen (secondary N) is 1. The minimum atomic E-state index is -3.97. The van der Waals surface area contributed by atoms with E-state index < -0.39 is 15.7 Å². The van der Waals surface area contributed by atoms with Crippen LogP contribution in [0.2, 0.25) is 0 Å². The Balaban J connectivity index is 1.91. The lowest BCUT2D eigenvalue weighted by Gasteiger charge is -2.24. The zero-order valence-electron chi connectivity index (χ0n) is 18.8. The van der Waals surface area contributed by atoms with Crippen molar-refractivity contribution >= 4 is 27.3 Å². The zero-order valence-corrected chi connectivity index (χ0v) is 19.6. The number of hydrogen-bond acceptors (Lipinski definition) is 4. The lowest BCUT2D eigenvalue weighted by atomic mass is 10.1. The molecule has 6 nitrogen and oxygen atoms in total. The fourth-order valence-corrected chi connectivity index (χ4v) is 5.54. The standard InChI is InChI=1S/C26H26N2O4S/c1-4-18(3)27-25(29)20-12-13-24-22(15-20)28(16-19-9-7-8-17(2)14-19)26(30)21-10-5-6-11-23(21)33(24,31)32/h5-15,18H,4,16H2,1-3H3,(H,27,29). The molecule has 0 bridgehead atoms. The molecule has 1 N–H and O–H groups in total. The monoisotopic (exact) mass is 462 g/mol. The van der Waals surface area contributed by atoms with Gasteiger partial charge in [0.1, 0.15) is 0 Å². The van der Waals surface area contributed by atoms with Gasteiger partial charge in [-0.15, -0.1) is 0 Å². The van der Waals surface area contributed by atoms with Crippen LogP contribution in [0.15, 0.2) is 76.5 Å². The first kappa shape index (κ1) is 22.7. The fourth-order valence-electron chi connectivity index (χ4n) is 3.91. The molecule has 0 radical (unpaired) electrons. The Morgan fingerprint density at radius 2 is 1.76 bits per heavy atom. The number of anilines is 1. The van der Waals surface area contributed by atoms with Crippen molar-refractivity contribution in [2.24, 2.45) is 0 Å². The van der Waals surface area contributed by atoms with Crippen molar-refractivity contribution in [1.82, 2.24) is 5.32 Å². The van der Waals surface area contributed by atoms with Gasteiger partial charge in [0.05, 0.1) is 27.6 Å². The fraction of sp³-hybridized carbons (Fsp3) is 0.231. The van der Waals surface area contributed by atoms with Crippen LogP contribution in [0.4, 0.5) is 5.69 Å². The highest BCUT2D eigenvalue weighted by molar-refractivity contribution is 7.91. The molecule has 3 aromatic rings. The predicted molar refractivity (Wildman–Crippen MR) is 127 cm³/mol. The molecule has 7 heteroatoms. The normalized spacial score (nSPS) is 15.2. The van der Waals surface area contributed by atoms with Gasteiger partial charge in [0, 0.05) is 11.6 Å². The van der Waals surface area contributed by atoms with E-state index in [2.05, 4.69) is 5.32 Å². The molecule has 0 saturated carbocycles. The highest BCUT2D eigenvalue weighted by atomic mass is 32.2. The number of fused-ring (bicyclic) bond motifs is 2. The average molecular weight is 463 g/mol. The van der Waals surface area contributed by atoms with Crippen LogP contribution in [0.1, 0.15) is 52.1 Å². The van der Waals surface area contributed by atoms with Crippen LogP contribution >= 0.6 is 0 Å². The van der Waals surface area contributed by atoms with E-state index in [1.165, 1.54) is 35.2 Å². The summed E-state index contributed by atoms with van der Waals surface area (Å²) in [7, 11) is -3.97. The van der Waals surface area contributed by atoms with Gasteiger partial charge in [0.25, 0.3) is 11.8 Å². The largest absolute Gasteiger partial charge is 0.350 e. The predicted octanol–water partition coefficient (Wildman–Crippen LogP) is 4.52. The maximum absolute atomic E-state index is 13.6. The van der Waals surface area contributed by atoms with Gasteiger partial charge in [0.15, 0.2) is 0 Å². The van der Waals surface area contributed by atoms with Crippen LogP contribution in [0.5, 0.6) is 0 Å². The van der Waals surface area contributed by atoms with Crippen molar-refractivity contribution in [3.8, 4) is 0 Å². The molecule has 33 heavy (non-hydrogen) atoms. The Hall–Kier alpha value is -3.45. The minimum Gasteiger partial charge on any atom is -0.350 e. The molecule has 4 rings (SSSR count). The number of carbonyl (C=O) groups is 2. The first-order chi connectivity index (χ1) is 15.7. The van der Waals surface area contributed by atoms with E-state index in [-0.39, 0.29) is 39.5 Å². The summed E-state index contributed by atoms with van der Waals surface area (Å²) in [5.41, 5.74) is 2.52. The first-order valence-electron chi connectivity index (χ1n) is 10.9. The highest BCUT2D eigenvalue weighted by Crippen LogP contribution is 2.38. The van der Waals surface area contributed by atoms with Crippen molar-refractivity contribution in [3.63, 3.8) is 0 Å². The molecule has 3 aromatic carbocycles. The number of amides is 2. The van der Waals surface area contributed by atoms with E-state index in [9.17, 15) is 18.0 Å². The maximum Gasteiger partial charge on any atom is 0.259 e. The second-order valence-electron chi connectivity index (χ2n) is 8.35. The molecule has 0 saturated heterocycles. The molecule has 1 aliphatic heterocycles. The van der Waals surface area contributed by atoms with Crippen LogP contribution in [-0.4, -0.2) is 26.3 Å². The summed E-state index contributed by atoms with van der Waals surface area (Å²) < 4.78 is 27.1. The molecule has 2 amide bonds. The second kappa shape index (κ2) is 8.83. The number of rotatable bonds is 5. The molecule has 0 aromatic heterocycles. The van der Waals surface area contributed by atoms with E-state index in [0.29, 0.717) is 5.56 Å². The number of aryl methyl sites for hydroxylation is 1. The second-order valence-corrected chi connectivity index (χ2v) is 10.2. The van der Waals surface area contributed by atoms with E-state index in [0.717, 1.165) is 17.5 Å². The topological polar surface area (TPSA) is 83.6 Å². The lowest BCUT2D eigenvalue weighted by Crippen LogP contribution is -2.33. The van der Waals surface area contributed by atoms with Crippen LogP contribution < -0.4 is 10.2 Å². The molecular weight excluding hydrogens is 436 g/mol. The molecule has 0 fully saturated rings. The Kier molecular flexibility index (Phi) is 6.08. The van der Waals surface area contributed by atoms with E-state index in [1.807, 2.05) is 45.0 Å². The van der Waals surface area contributed by atoms with Crippen molar-refractivity contribution in [3.05, 3.63) is 89.0 Å². The number of hydrogen-bond donors (Lipinski definition) is 1. The summed E-state index contributed by atoms with van der Waals surface area (Å²) in [4.78, 5) is 27.9. The van der Waals surface area contributed by atoms with Gasteiger partial charge in [-0.25, -0.2) is 8.42 Å². The van der Waals surface area contributed by atoms with Crippen LogP contribution in [0.3, 0.4) is 0 Å². The first-order valence-corrected chi connectivity index (χ1v) is 12.4. The van der Waals surface area contributed by atoms with Crippen molar-refractivity contribution in [2.75, 3.05) is 4.90 Å². The third-order valence-electron chi connectivity index (χ3n) is 5.87. The Bertz CT molecular complexity index is 1350. The maximum atomic E-state index is 13.6. The molecule has 0 spiro atoms. The van der Waals surface area contributed by atoms with Crippen LogP contribution in [0, 0.1) is 6.92 Å². The summed E-state index contributed by atoms with van der Waals surface area (Å²) in [5, 5.41) is 2.90. The molecule has 1 heterocycles. The van der Waals surface area contributed by atoms with Gasteiger partial charge in [0.2, 0.25) is 9.84 Å². The number of benzene rings is 3. The van der Waals surface area contributed by atoms with E-state index >= 15 is 0 Å². The molecule has 170 valence electrons. The number of carbonyl (C=O) groups excluding carboxylic acids is 2. The summed E-state index contributed by atoms with van der Waals surface area (Å²) in [6.07, 6.45) is 0.762. The van der Waals surface area contributed by atoms with Gasteiger partial charge >= 0.3 is 0 Å². The quantitative estimate of drug-likeness (QED) is 0.604. The smallest absolute Gasteiger partial charge is 0.259 e. The molecule has 1 atom stereocenters. The summed E-state index contributed by atoms with van der Waals surface area (Å²) in [6, 6.07) is 18.3. The molecular formula is C26H26N2O4S. The zero-order chi connectivity index (χ0) is 23.8. The molecule has 1 aliphatic rings. The van der Waals surface area contributed by atoms with Gasteiger partial charge < -0.3 is 10.2 Å². The summed E-state index contributed by atoms with van der Waals surface area (Å²) in [5.74, 6) is -0.733. The van der Waals surface area contributed by atoms with Crippen molar-refractivity contribution < 1.29 is 18.0 Å². The summed E-state index contributed by atoms with van der Waals surface area (Å²) in [6.45, 7) is 6.00. The van der Waals surface area contributed by atoms with Crippen molar-refractivity contribution in [1.29, 1.82) is 0 Å². The molecule has 1 unspecified atom stereocenters. The Labute approximate surface area is 194 Å². The molecule has 0 aliphatic carbocycles. The van der Waals surface area contributed by atoms with E-state index in [4.69, 9.17) is 0 Å². The highest BCUT2D eigenvalue weighted by Gasteiger charge is 2.36. The van der Waals surface area contributed by atoms with Crippen LogP contribution in [0.25, 0.3) is 0 Å². The van der Waals surface area contributed by atoms with Gasteiger partial charge in [-0.05, 0) is 56.2 Å². The van der Waals surface area contributed by atoms with Gasteiger partial charge in [-0.2, -0.15) is 0 Å². The third kappa shape index (κ3) is 4.28. The van der Waals surface area contributed by atoms with Gasteiger partial charge in [-0.3, -0.25) is 9.59 Å². The third-order valence-corrected chi connectivity index (χ3v) is 7.73. The van der Waals surface area contributed by atoms with Gasteiger partial charge in [-0.1, -0.05) is 48.9 Å².